The Morgan fingerprint density at radius 1 is 1.69 bits per heavy atom. The molecular weight excluding hydrogens is 166 g/mol. The zero-order valence-electron chi connectivity index (χ0n) is 7.95. The third kappa shape index (κ3) is 2.91. The maximum absolute atomic E-state index is 5.57. The minimum Gasteiger partial charge on any atom is -0.491 e. The monoisotopic (exact) mass is 181 g/mol. The van der Waals surface area contributed by atoms with Crippen LogP contribution in [0.1, 0.15) is 20.3 Å². The molecule has 0 radical (unpaired) electrons. The lowest BCUT2D eigenvalue weighted by atomic mass is 10.3. The topological polar surface area (TPSA) is 60.2 Å². The normalized spacial score (nSPS) is 12.2. The summed E-state index contributed by atoms with van der Waals surface area (Å²) < 4.78 is 5.57. The second-order valence-electron chi connectivity index (χ2n) is 2.86. The third-order valence-electron chi connectivity index (χ3n) is 1.79. The molecule has 1 heterocycles. The van der Waals surface area contributed by atoms with Gasteiger partial charge >= 0.3 is 0 Å². The van der Waals surface area contributed by atoms with Gasteiger partial charge in [0.25, 0.3) is 0 Å². The molecule has 0 aliphatic heterocycles. The number of nitrogens with one attached hydrogen (secondary N) is 1. The first kappa shape index (κ1) is 9.80. The van der Waals surface area contributed by atoms with E-state index >= 15 is 0 Å². The van der Waals surface area contributed by atoms with Gasteiger partial charge in [0.2, 0.25) is 0 Å². The zero-order chi connectivity index (χ0) is 9.68. The predicted molar refractivity (Wildman–Crippen MR) is 52.4 cm³/mol. The van der Waals surface area contributed by atoms with Gasteiger partial charge in [-0.1, -0.05) is 6.92 Å². The van der Waals surface area contributed by atoms with Gasteiger partial charge in [0.15, 0.2) is 0 Å². The second kappa shape index (κ2) is 4.67. The van der Waals surface area contributed by atoms with Gasteiger partial charge in [-0.3, -0.25) is 0 Å². The quantitative estimate of drug-likeness (QED) is 0.546. The van der Waals surface area contributed by atoms with E-state index in [0.29, 0.717) is 5.82 Å². The highest BCUT2D eigenvalue weighted by Gasteiger charge is 2.01. The van der Waals surface area contributed by atoms with Crippen LogP contribution in [0.5, 0.6) is 5.75 Å². The number of hydrogen-bond acceptors (Lipinski definition) is 4. The van der Waals surface area contributed by atoms with Crippen LogP contribution in [0.2, 0.25) is 0 Å². The van der Waals surface area contributed by atoms with Gasteiger partial charge in [-0.15, -0.1) is 0 Å². The summed E-state index contributed by atoms with van der Waals surface area (Å²) in [6.45, 7) is 4.10. The molecule has 1 rings (SSSR count). The molecule has 4 heteroatoms. The number of nitrogens with two attached hydrogens (primary N) is 1. The molecular formula is C9H15N3O. The van der Waals surface area contributed by atoms with Crippen molar-refractivity contribution < 1.29 is 4.74 Å². The molecule has 4 nitrogen and oxygen atoms in total. The van der Waals surface area contributed by atoms with E-state index in [0.717, 1.165) is 12.2 Å². The van der Waals surface area contributed by atoms with Crippen LogP contribution >= 0.6 is 0 Å². The highest BCUT2D eigenvalue weighted by molar-refractivity contribution is 5.39. The van der Waals surface area contributed by atoms with Gasteiger partial charge < -0.3 is 10.2 Å². The van der Waals surface area contributed by atoms with E-state index in [1.807, 2.05) is 13.0 Å². The molecule has 1 atom stereocenters. The molecule has 0 aliphatic rings. The molecule has 13 heavy (non-hydrogen) atoms. The molecule has 0 amide bonds. The van der Waals surface area contributed by atoms with Gasteiger partial charge in [-0.2, -0.15) is 0 Å². The third-order valence-corrected chi connectivity index (χ3v) is 1.79. The van der Waals surface area contributed by atoms with Crippen LogP contribution in [0.25, 0.3) is 0 Å². The Kier molecular flexibility index (Phi) is 3.52. The van der Waals surface area contributed by atoms with E-state index in [4.69, 9.17) is 10.6 Å². The molecule has 0 aliphatic carbocycles. The average molecular weight is 181 g/mol. The number of nitrogen functional groups attached to an aromatic ring is 1. The van der Waals surface area contributed by atoms with Crippen molar-refractivity contribution in [3.63, 3.8) is 0 Å². The molecule has 1 unspecified atom stereocenters. The fourth-order valence-electron chi connectivity index (χ4n) is 0.879. The molecule has 1 aromatic heterocycles. The lowest BCUT2D eigenvalue weighted by molar-refractivity contribution is 0.217. The van der Waals surface area contributed by atoms with E-state index in [-0.39, 0.29) is 6.10 Å². The molecule has 3 N–H and O–H groups in total. The van der Waals surface area contributed by atoms with Crippen molar-refractivity contribution in [1.82, 2.24) is 4.98 Å². The highest BCUT2D eigenvalue weighted by Crippen LogP contribution is 2.15. The smallest absolute Gasteiger partial charge is 0.143 e. The van der Waals surface area contributed by atoms with Gasteiger partial charge in [0.1, 0.15) is 11.6 Å². The maximum atomic E-state index is 5.57. The van der Waals surface area contributed by atoms with Crippen molar-refractivity contribution in [3.8, 4) is 5.75 Å². The van der Waals surface area contributed by atoms with E-state index in [2.05, 4.69) is 17.3 Å². The van der Waals surface area contributed by atoms with Crippen LogP contribution in [-0.4, -0.2) is 11.1 Å². The summed E-state index contributed by atoms with van der Waals surface area (Å²) in [7, 11) is 0. The Morgan fingerprint density at radius 3 is 3.08 bits per heavy atom. The van der Waals surface area contributed by atoms with Crippen molar-refractivity contribution in [2.75, 3.05) is 5.43 Å². The first-order valence-electron chi connectivity index (χ1n) is 4.35. The lowest BCUT2D eigenvalue weighted by Gasteiger charge is -2.12. The second-order valence-corrected chi connectivity index (χ2v) is 2.86. The van der Waals surface area contributed by atoms with Crippen molar-refractivity contribution in [1.29, 1.82) is 0 Å². The van der Waals surface area contributed by atoms with Gasteiger partial charge in [-0.05, 0) is 19.4 Å². The van der Waals surface area contributed by atoms with Crippen molar-refractivity contribution >= 4 is 5.82 Å². The number of rotatable bonds is 4. The van der Waals surface area contributed by atoms with Crippen molar-refractivity contribution in [2.45, 2.75) is 26.4 Å². The molecule has 0 saturated heterocycles. The lowest BCUT2D eigenvalue weighted by Crippen LogP contribution is -2.11. The fourth-order valence-corrected chi connectivity index (χ4v) is 0.879. The molecule has 72 valence electrons. The summed E-state index contributed by atoms with van der Waals surface area (Å²) in [5, 5.41) is 0. The average Bonchev–Trinajstić information content (AvgIpc) is 2.18. The Morgan fingerprint density at radius 2 is 2.46 bits per heavy atom. The molecule has 1 aromatic rings. The molecule has 0 bridgehead atoms. The van der Waals surface area contributed by atoms with Crippen LogP contribution in [-0.2, 0) is 0 Å². The van der Waals surface area contributed by atoms with Gasteiger partial charge in [0, 0.05) is 12.3 Å². The van der Waals surface area contributed by atoms with Crippen LogP contribution < -0.4 is 16.0 Å². The Hall–Kier alpha value is -1.29. The largest absolute Gasteiger partial charge is 0.491 e. The summed E-state index contributed by atoms with van der Waals surface area (Å²) in [4.78, 5) is 3.97. The van der Waals surface area contributed by atoms with E-state index in [1.54, 1.807) is 12.3 Å². The minimum atomic E-state index is 0.216. The van der Waals surface area contributed by atoms with Gasteiger partial charge in [0.05, 0.1) is 6.10 Å². The van der Waals surface area contributed by atoms with Crippen LogP contribution in [0.4, 0.5) is 5.82 Å². The number of aromatic nitrogens is 1. The van der Waals surface area contributed by atoms with E-state index in [1.165, 1.54) is 0 Å². The Balaban J connectivity index is 2.66. The number of hydrazine groups is 1. The number of pyridine rings is 1. The van der Waals surface area contributed by atoms with Crippen LogP contribution in [0.3, 0.4) is 0 Å². The number of nitrogens with zero attached hydrogens (tertiary/aromatic N) is 1. The first-order chi connectivity index (χ1) is 6.26. The summed E-state index contributed by atoms with van der Waals surface area (Å²) >= 11 is 0. The molecule has 0 aromatic carbocycles. The number of anilines is 1. The van der Waals surface area contributed by atoms with Crippen molar-refractivity contribution in [2.24, 2.45) is 5.84 Å². The molecule has 0 saturated carbocycles. The van der Waals surface area contributed by atoms with Gasteiger partial charge in [-0.25, -0.2) is 10.8 Å². The minimum absolute atomic E-state index is 0.216. The summed E-state index contributed by atoms with van der Waals surface area (Å²) in [5.74, 6) is 6.61. The number of hydrogen-bond donors (Lipinski definition) is 2. The summed E-state index contributed by atoms with van der Waals surface area (Å²) in [6.07, 6.45) is 2.86. The summed E-state index contributed by atoms with van der Waals surface area (Å²) in [6, 6.07) is 3.58. The van der Waals surface area contributed by atoms with Crippen molar-refractivity contribution in [3.05, 3.63) is 18.3 Å². The Bertz CT molecular complexity index is 265. The Labute approximate surface area is 78.1 Å². The van der Waals surface area contributed by atoms with E-state index in [9.17, 15) is 0 Å². The molecule has 0 spiro atoms. The van der Waals surface area contributed by atoms with Crippen LogP contribution in [0.15, 0.2) is 18.3 Å². The highest BCUT2D eigenvalue weighted by atomic mass is 16.5. The zero-order valence-corrected chi connectivity index (χ0v) is 7.95. The van der Waals surface area contributed by atoms with E-state index < -0.39 is 0 Å². The SMILES string of the molecule is CCC(C)Oc1ccnc(NN)c1. The summed E-state index contributed by atoms with van der Waals surface area (Å²) in [5.41, 5.74) is 2.47. The number of ether oxygens (including phenoxy) is 1. The van der Waals surface area contributed by atoms with Crippen LogP contribution in [0, 0.1) is 0 Å². The first-order valence-corrected chi connectivity index (χ1v) is 4.35. The fraction of sp³-hybridized carbons (Fsp3) is 0.444. The maximum Gasteiger partial charge on any atom is 0.143 e. The standard InChI is InChI=1S/C9H15N3O/c1-3-7(2)13-8-4-5-11-9(6-8)12-10/h4-7H,3,10H2,1-2H3,(H,11,12). The molecule has 0 fully saturated rings. The predicted octanol–water partition coefficient (Wildman–Crippen LogP) is 1.54.